The molecule has 0 saturated carbocycles. The van der Waals surface area contributed by atoms with Crippen molar-refractivity contribution in [2.24, 2.45) is 0 Å². The van der Waals surface area contributed by atoms with E-state index in [-0.39, 0.29) is 0 Å². The molecule has 6 heteroatoms. The van der Waals surface area contributed by atoms with Crippen molar-refractivity contribution in [3.05, 3.63) is 59.9 Å². The van der Waals surface area contributed by atoms with Gasteiger partial charge in [0.1, 0.15) is 5.82 Å². The van der Waals surface area contributed by atoms with Crippen molar-refractivity contribution in [3.8, 4) is 11.4 Å². The third-order valence-electron chi connectivity index (χ3n) is 3.55. The van der Waals surface area contributed by atoms with Crippen LogP contribution in [-0.2, 0) is 5.75 Å². The molecule has 0 bridgehead atoms. The Kier molecular flexibility index (Phi) is 3.59. The Labute approximate surface area is 137 Å². The van der Waals surface area contributed by atoms with Gasteiger partial charge in [-0.3, -0.25) is 5.10 Å². The molecule has 0 aliphatic heterocycles. The number of nitrogens with zero attached hydrogens (tertiary/aromatic N) is 3. The van der Waals surface area contributed by atoms with Gasteiger partial charge >= 0.3 is 0 Å². The number of hydrogen-bond donors (Lipinski definition) is 2. The van der Waals surface area contributed by atoms with Crippen LogP contribution in [0.1, 0.15) is 11.4 Å². The molecule has 2 N–H and O–H groups in total. The first-order valence-electron chi connectivity index (χ1n) is 7.34. The van der Waals surface area contributed by atoms with Gasteiger partial charge in [0.15, 0.2) is 11.0 Å². The third kappa shape index (κ3) is 2.98. The minimum atomic E-state index is 0.693. The number of imidazole rings is 1. The van der Waals surface area contributed by atoms with Gasteiger partial charge in [0, 0.05) is 5.56 Å². The van der Waals surface area contributed by atoms with Gasteiger partial charge in [0.2, 0.25) is 0 Å². The number of rotatable bonds is 4. The fraction of sp³-hybridized carbons (Fsp3) is 0.118. The summed E-state index contributed by atoms with van der Waals surface area (Å²) >= 11 is 1.61. The highest BCUT2D eigenvalue weighted by Crippen LogP contribution is 2.23. The number of hydrogen-bond acceptors (Lipinski definition) is 4. The van der Waals surface area contributed by atoms with Crippen LogP contribution >= 0.6 is 11.8 Å². The Hall–Kier alpha value is -2.60. The van der Waals surface area contributed by atoms with E-state index in [1.807, 2.05) is 36.4 Å². The second-order valence-electron chi connectivity index (χ2n) is 5.32. The Balaban J connectivity index is 1.48. The number of thioether (sulfide) groups is 1. The van der Waals surface area contributed by atoms with Crippen LogP contribution in [0.25, 0.3) is 22.4 Å². The Morgan fingerprint density at radius 1 is 1.00 bits per heavy atom. The van der Waals surface area contributed by atoms with E-state index in [9.17, 15) is 0 Å². The molecule has 5 nitrogen and oxygen atoms in total. The Bertz CT molecular complexity index is 906. The van der Waals surface area contributed by atoms with E-state index in [1.165, 1.54) is 5.56 Å². The zero-order valence-corrected chi connectivity index (χ0v) is 13.4. The minimum Gasteiger partial charge on any atom is -0.333 e. The molecule has 0 spiro atoms. The third-order valence-corrected chi connectivity index (χ3v) is 4.44. The summed E-state index contributed by atoms with van der Waals surface area (Å²) in [7, 11) is 0. The molecule has 0 atom stereocenters. The molecule has 23 heavy (non-hydrogen) atoms. The summed E-state index contributed by atoms with van der Waals surface area (Å²) in [5.74, 6) is 2.26. The number of H-pyrrole nitrogens is 2. The molecule has 0 radical (unpaired) electrons. The van der Waals surface area contributed by atoms with E-state index >= 15 is 0 Å². The van der Waals surface area contributed by atoms with E-state index in [2.05, 4.69) is 44.2 Å². The van der Waals surface area contributed by atoms with Crippen molar-refractivity contribution in [1.29, 1.82) is 0 Å². The van der Waals surface area contributed by atoms with Gasteiger partial charge in [-0.2, -0.15) is 5.10 Å². The van der Waals surface area contributed by atoms with E-state index in [0.29, 0.717) is 5.75 Å². The normalized spacial score (nSPS) is 11.2. The standard InChI is InChI=1S/C17H15N5S/c1-11-6-8-12(9-7-11)16-20-15(21-22-16)10-23-17-18-13-4-2-3-5-14(13)19-17/h2-9H,10H2,1H3,(H,18,19)(H,20,21,22). The van der Waals surface area contributed by atoms with Crippen LogP contribution in [-0.4, -0.2) is 25.1 Å². The van der Waals surface area contributed by atoms with Crippen LogP contribution in [0.15, 0.2) is 53.7 Å². The summed E-state index contributed by atoms with van der Waals surface area (Å²) in [6, 6.07) is 16.2. The van der Waals surface area contributed by atoms with Crippen molar-refractivity contribution >= 4 is 22.8 Å². The summed E-state index contributed by atoms with van der Waals surface area (Å²) in [5, 5.41) is 8.18. The molecule has 0 saturated heterocycles. The molecule has 0 aliphatic rings. The number of aromatic nitrogens is 5. The first kappa shape index (κ1) is 14.0. The minimum absolute atomic E-state index is 0.693. The first-order chi connectivity index (χ1) is 11.3. The number of benzene rings is 2. The lowest BCUT2D eigenvalue weighted by molar-refractivity contribution is 1.02. The van der Waals surface area contributed by atoms with Crippen molar-refractivity contribution in [2.75, 3.05) is 0 Å². The lowest BCUT2D eigenvalue weighted by Gasteiger charge is -1.95. The number of para-hydroxylation sites is 2. The van der Waals surface area contributed by atoms with Crippen LogP contribution in [0.2, 0.25) is 0 Å². The first-order valence-corrected chi connectivity index (χ1v) is 8.32. The van der Waals surface area contributed by atoms with E-state index < -0.39 is 0 Å². The molecule has 2 aromatic carbocycles. The number of aryl methyl sites for hydroxylation is 1. The predicted molar refractivity (Wildman–Crippen MR) is 92.2 cm³/mol. The number of nitrogens with one attached hydrogen (secondary N) is 2. The smallest absolute Gasteiger partial charge is 0.181 e. The molecule has 0 amide bonds. The van der Waals surface area contributed by atoms with Crippen LogP contribution < -0.4 is 0 Å². The average Bonchev–Trinajstić information content (AvgIpc) is 3.20. The monoisotopic (exact) mass is 321 g/mol. The highest BCUT2D eigenvalue weighted by Gasteiger charge is 2.08. The van der Waals surface area contributed by atoms with Crippen molar-refractivity contribution < 1.29 is 0 Å². The van der Waals surface area contributed by atoms with Gasteiger partial charge < -0.3 is 4.98 Å². The second-order valence-corrected chi connectivity index (χ2v) is 6.28. The van der Waals surface area contributed by atoms with Crippen molar-refractivity contribution in [1.82, 2.24) is 25.1 Å². The van der Waals surface area contributed by atoms with Gasteiger partial charge in [0.05, 0.1) is 16.8 Å². The molecule has 114 valence electrons. The van der Waals surface area contributed by atoms with Gasteiger partial charge in [0.25, 0.3) is 0 Å². The van der Waals surface area contributed by atoms with Crippen LogP contribution in [0.5, 0.6) is 0 Å². The molecule has 4 aromatic rings. The molecule has 2 aromatic heterocycles. The molecule has 2 heterocycles. The fourth-order valence-corrected chi connectivity index (χ4v) is 3.07. The van der Waals surface area contributed by atoms with Gasteiger partial charge in [-0.25, -0.2) is 9.97 Å². The van der Waals surface area contributed by atoms with Crippen molar-refractivity contribution in [3.63, 3.8) is 0 Å². The second kappa shape index (κ2) is 5.89. The zero-order valence-electron chi connectivity index (χ0n) is 12.6. The summed E-state index contributed by atoms with van der Waals surface area (Å²) in [6.45, 7) is 2.07. The molecular weight excluding hydrogens is 306 g/mol. The largest absolute Gasteiger partial charge is 0.333 e. The quantitative estimate of drug-likeness (QED) is 0.558. The molecule has 4 rings (SSSR count). The highest BCUT2D eigenvalue weighted by atomic mass is 32.2. The molecule has 0 unspecified atom stereocenters. The molecule has 0 fully saturated rings. The number of aromatic amines is 2. The SMILES string of the molecule is Cc1ccc(-c2n[nH]c(CSc3nc4ccccc4[nH]3)n2)cc1. The Morgan fingerprint density at radius 3 is 2.65 bits per heavy atom. The van der Waals surface area contributed by atoms with Crippen LogP contribution in [0, 0.1) is 6.92 Å². The summed E-state index contributed by atoms with van der Waals surface area (Å²) < 4.78 is 0. The van der Waals surface area contributed by atoms with E-state index in [1.54, 1.807) is 11.8 Å². The van der Waals surface area contributed by atoms with Crippen LogP contribution in [0.4, 0.5) is 0 Å². The van der Waals surface area contributed by atoms with E-state index in [4.69, 9.17) is 0 Å². The van der Waals surface area contributed by atoms with Gasteiger partial charge in [-0.05, 0) is 19.1 Å². The highest BCUT2D eigenvalue weighted by molar-refractivity contribution is 7.98. The fourth-order valence-electron chi connectivity index (χ4n) is 2.33. The van der Waals surface area contributed by atoms with Gasteiger partial charge in [-0.15, -0.1) is 0 Å². The maximum absolute atomic E-state index is 4.55. The zero-order chi connectivity index (χ0) is 15.6. The lowest BCUT2D eigenvalue weighted by Crippen LogP contribution is -1.85. The summed E-state index contributed by atoms with van der Waals surface area (Å²) in [5.41, 5.74) is 4.28. The Morgan fingerprint density at radius 2 is 1.83 bits per heavy atom. The van der Waals surface area contributed by atoms with Crippen molar-refractivity contribution in [2.45, 2.75) is 17.8 Å². The maximum atomic E-state index is 4.55. The van der Waals surface area contributed by atoms with E-state index in [0.717, 1.165) is 33.4 Å². The van der Waals surface area contributed by atoms with Crippen LogP contribution in [0.3, 0.4) is 0 Å². The number of fused-ring (bicyclic) bond motifs is 1. The molecule has 0 aliphatic carbocycles. The lowest BCUT2D eigenvalue weighted by atomic mass is 10.1. The topological polar surface area (TPSA) is 70.2 Å². The van der Waals surface area contributed by atoms with Gasteiger partial charge in [-0.1, -0.05) is 53.7 Å². The summed E-state index contributed by atoms with van der Waals surface area (Å²) in [4.78, 5) is 12.4. The maximum Gasteiger partial charge on any atom is 0.181 e. The average molecular weight is 321 g/mol. The molecular formula is C17H15N5S. The summed E-state index contributed by atoms with van der Waals surface area (Å²) in [6.07, 6.45) is 0. The predicted octanol–water partition coefficient (Wildman–Crippen LogP) is 3.95.